The lowest BCUT2D eigenvalue weighted by Crippen LogP contribution is -2.35. The highest BCUT2D eigenvalue weighted by Crippen LogP contribution is 2.25. The van der Waals surface area contributed by atoms with Crippen molar-refractivity contribution in [2.45, 2.75) is 50.0 Å². The molecule has 3 aromatic rings. The van der Waals surface area contributed by atoms with Crippen molar-refractivity contribution in [3.05, 3.63) is 54.4 Å². The number of imidazole rings is 1. The van der Waals surface area contributed by atoms with Crippen LogP contribution in [0.3, 0.4) is 0 Å². The van der Waals surface area contributed by atoms with Gasteiger partial charge in [-0.3, -0.25) is 9.59 Å². The van der Waals surface area contributed by atoms with Crippen molar-refractivity contribution < 1.29 is 22.7 Å². The summed E-state index contributed by atoms with van der Waals surface area (Å²) in [6, 6.07) is 13.9. The molecule has 4 rings (SSSR count). The molecule has 186 valence electrons. The number of piperidine rings is 1. The van der Waals surface area contributed by atoms with E-state index in [9.17, 15) is 18.0 Å². The van der Waals surface area contributed by atoms with Crippen LogP contribution in [0.5, 0.6) is 0 Å². The first kappa shape index (κ1) is 24.9. The number of benzene rings is 2. The van der Waals surface area contributed by atoms with E-state index in [1.165, 1.54) is 11.2 Å². The third kappa shape index (κ3) is 5.71. The van der Waals surface area contributed by atoms with E-state index in [2.05, 4.69) is 10.3 Å². The fourth-order valence-corrected chi connectivity index (χ4v) is 5.69. The molecule has 0 spiro atoms. The molecule has 1 saturated heterocycles. The highest BCUT2D eigenvalue weighted by atomic mass is 32.2. The number of hydrogen-bond donors (Lipinski definition) is 1. The zero-order chi connectivity index (χ0) is 25.0. The summed E-state index contributed by atoms with van der Waals surface area (Å²) in [5, 5.41) is 2.70. The summed E-state index contributed by atoms with van der Waals surface area (Å²) in [4.78, 5) is 29.4. The van der Waals surface area contributed by atoms with Gasteiger partial charge in [-0.05, 0) is 50.1 Å². The Hall–Kier alpha value is -3.24. The smallest absolute Gasteiger partial charge is 0.307 e. The number of rotatable bonds is 8. The van der Waals surface area contributed by atoms with Crippen molar-refractivity contribution in [3.63, 3.8) is 0 Å². The minimum atomic E-state index is -3.56. The summed E-state index contributed by atoms with van der Waals surface area (Å²) in [7, 11) is -1.73. The van der Waals surface area contributed by atoms with Crippen molar-refractivity contribution in [1.82, 2.24) is 13.9 Å². The van der Waals surface area contributed by atoms with Crippen LogP contribution in [0.1, 0.15) is 38.4 Å². The largest absolute Gasteiger partial charge is 0.453 e. The van der Waals surface area contributed by atoms with E-state index in [0.29, 0.717) is 36.5 Å². The standard InChI is InChI=1S/C25H30N4O5S/c1-18(25(31)26-19-9-5-3-6-10-19)34-24(30)14-13-23-27-21-17-20(11-12-22(21)28(23)2)35(32,33)29-15-7-4-8-16-29/h3,5-6,9-12,17-18H,4,7-8,13-16H2,1-2H3,(H,26,31). The van der Waals surface area contributed by atoms with Crippen LogP contribution >= 0.6 is 0 Å². The van der Waals surface area contributed by atoms with Crippen LogP contribution in [-0.2, 0) is 37.8 Å². The molecule has 1 aromatic heterocycles. The zero-order valence-electron chi connectivity index (χ0n) is 19.9. The number of nitrogens with one attached hydrogen (secondary N) is 1. The predicted octanol–water partition coefficient (Wildman–Crippen LogP) is 3.25. The molecule has 1 amide bonds. The lowest BCUT2D eigenvalue weighted by Gasteiger charge is -2.25. The second kappa shape index (κ2) is 10.6. The lowest BCUT2D eigenvalue weighted by molar-refractivity contribution is -0.153. The Morgan fingerprint density at radius 2 is 1.80 bits per heavy atom. The van der Waals surface area contributed by atoms with Gasteiger partial charge in [0.2, 0.25) is 10.0 Å². The quantitative estimate of drug-likeness (QED) is 0.478. The van der Waals surface area contributed by atoms with Crippen LogP contribution in [0.2, 0.25) is 0 Å². The van der Waals surface area contributed by atoms with E-state index < -0.39 is 28.0 Å². The molecule has 9 nitrogen and oxygen atoms in total. The van der Waals surface area contributed by atoms with Crippen LogP contribution < -0.4 is 5.32 Å². The minimum absolute atomic E-state index is 0.0407. The van der Waals surface area contributed by atoms with Gasteiger partial charge < -0.3 is 14.6 Å². The van der Waals surface area contributed by atoms with E-state index in [1.54, 1.807) is 42.5 Å². The Kier molecular flexibility index (Phi) is 7.51. The molecule has 10 heteroatoms. The number of nitrogens with zero attached hydrogens (tertiary/aromatic N) is 3. The van der Waals surface area contributed by atoms with Gasteiger partial charge in [-0.1, -0.05) is 24.6 Å². The molecular weight excluding hydrogens is 468 g/mol. The van der Waals surface area contributed by atoms with Crippen molar-refractivity contribution in [2.75, 3.05) is 18.4 Å². The Bertz CT molecular complexity index is 1310. The van der Waals surface area contributed by atoms with Gasteiger partial charge in [0.05, 0.1) is 22.3 Å². The van der Waals surface area contributed by atoms with Crippen molar-refractivity contribution >= 4 is 38.6 Å². The van der Waals surface area contributed by atoms with Gasteiger partial charge in [0.15, 0.2) is 6.10 Å². The Morgan fingerprint density at radius 3 is 2.51 bits per heavy atom. The van der Waals surface area contributed by atoms with Crippen LogP contribution in [0.4, 0.5) is 5.69 Å². The van der Waals surface area contributed by atoms with Crippen molar-refractivity contribution in [3.8, 4) is 0 Å². The maximum absolute atomic E-state index is 13.0. The highest BCUT2D eigenvalue weighted by Gasteiger charge is 2.26. The minimum Gasteiger partial charge on any atom is -0.453 e. The molecule has 0 aliphatic carbocycles. The van der Waals surface area contributed by atoms with E-state index in [1.807, 2.05) is 17.7 Å². The number of hydrogen-bond acceptors (Lipinski definition) is 6. The first-order valence-corrected chi connectivity index (χ1v) is 13.2. The van der Waals surface area contributed by atoms with Gasteiger partial charge in [-0.25, -0.2) is 13.4 Å². The first-order chi connectivity index (χ1) is 16.8. The number of esters is 1. The average molecular weight is 499 g/mol. The SMILES string of the molecule is CC(OC(=O)CCc1nc2cc(S(=O)(=O)N3CCCCC3)ccc2n1C)C(=O)Nc1ccccc1. The molecule has 35 heavy (non-hydrogen) atoms. The maximum Gasteiger partial charge on any atom is 0.307 e. The number of carbonyl (C=O) groups is 2. The van der Waals surface area contributed by atoms with E-state index >= 15 is 0 Å². The number of fused-ring (bicyclic) bond motifs is 1. The molecule has 1 fully saturated rings. The van der Waals surface area contributed by atoms with Crippen LogP contribution in [-0.4, -0.2) is 53.3 Å². The summed E-state index contributed by atoms with van der Waals surface area (Å²) in [6.45, 7) is 2.60. The average Bonchev–Trinajstić information content (AvgIpc) is 3.18. The predicted molar refractivity (Wildman–Crippen MR) is 132 cm³/mol. The molecule has 0 radical (unpaired) electrons. The number of carbonyl (C=O) groups excluding carboxylic acids is 2. The number of sulfonamides is 1. The summed E-state index contributed by atoms with van der Waals surface area (Å²) < 4.78 is 34.7. The van der Waals surface area contributed by atoms with Gasteiger partial charge >= 0.3 is 5.97 Å². The Morgan fingerprint density at radius 1 is 1.09 bits per heavy atom. The summed E-state index contributed by atoms with van der Waals surface area (Å²) >= 11 is 0. The molecule has 1 N–H and O–H groups in total. The molecule has 1 atom stereocenters. The number of ether oxygens (including phenoxy) is 1. The third-order valence-corrected chi connectivity index (χ3v) is 8.06. The fraction of sp³-hybridized carbons (Fsp3) is 0.400. The second-order valence-corrected chi connectivity index (χ2v) is 10.6. The molecule has 0 saturated carbocycles. The molecule has 1 aliphatic rings. The van der Waals surface area contributed by atoms with Crippen LogP contribution in [0.15, 0.2) is 53.4 Å². The number of amides is 1. The van der Waals surface area contributed by atoms with Gasteiger partial charge in [0.25, 0.3) is 5.91 Å². The normalized spacial score (nSPS) is 15.6. The molecule has 0 bridgehead atoms. The second-order valence-electron chi connectivity index (χ2n) is 8.69. The van der Waals surface area contributed by atoms with Crippen molar-refractivity contribution in [1.29, 1.82) is 0 Å². The molecule has 1 unspecified atom stereocenters. The van der Waals surface area contributed by atoms with Gasteiger partial charge in [0, 0.05) is 32.2 Å². The summed E-state index contributed by atoms with van der Waals surface area (Å²) in [5.41, 5.74) is 1.97. The number of aromatic nitrogens is 2. The lowest BCUT2D eigenvalue weighted by atomic mass is 10.2. The van der Waals surface area contributed by atoms with E-state index in [0.717, 1.165) is 24.8 Å². The number of aryl methyl sites for hydroxylation is 2. The van der Waals surface area contributed by atoms with E-state index in [4.69, 9.17) is 4.74 Å². The monoisotopic (exact) mass is 498 g/mol. The van der Waals surface area contributed by atoms with E-state index in [-0.39, 0.29) is 11.3 Å². The number of anilines is 1. The first-order valence-electron chi connectivity index (χ1n) is 11.8. The Balaban J connectivity index is 1.38. The third-order valence-electron chi connectivity index (χ3n) is 6.17. The molecule has 1 aliphatic heterocycles. The van der Waals surface area contributed by atoms with Gasteiger partial charge in [-0.15, -0.1) is 0 Å². The topological polar surface area (TPSA) is 111 Å². The van der Waals surface area contributed by atoms with Gasteiger partial charge in [-0.2, -0.15) is 4.31 Å². The summed E-state index contributed by atoms with van der Waals surface area (Å²) in [6.07, 6.45) is 2.19. The van der Waals surface area contributed by atoms with Crippen LogP contribution in [0.25, 0.3) is 11.0 Å². The highest BCUT2D eigenvalue weighted by molar-refractivity contribution is 7.89. The Labute approximate surface area is 205 Å². The number of para-hydroxylation sites is 1. The molecule has 2 aromatic carbocycles. The summed E-state index contributed by atoms with van der Waals surface area (Å²) in [5.74, 6) is -0.290. The molecular formula is C25H30N4O5S. The zero-order valence-corrected chi connectivity index (χ0v) is 20.8. The fourth-order valence-electron chi connectivity index (χ4n) is 4.16. The maximum atomic E-state index is 13.0. The van der Waals surface area contributed by atoms with Crippen molar-refractivity contribution in [2.24, 2.45) is 7.05 Å². The van der Waals surface area contributed by atoms with Crippen LogP contribution in [0, 0.1) is 0 Å². The van der Waals surface area contributed by atoms with Gasteiger partial charge in [0.1, 0.15) is 5.82 Å². The molecule has 2 heterocycles.